The fourth-order valence-electron chi connectivity index (χ4n) is 3.07. The maximum atomic E-state index is 13.7. The highest BCUT2D eigenvalue weighted by atomic mass is 19.3. The van der Waals surface area contributed by atoms with Crippen LogP contribution < -0.4 is 4.90 Å². The van der Waals surface area contributed by atoms with E-state index in [0.717, 1.165) is 0 Å². The van der Waals surface area contributed by atoms with E-state index in [-0.39, 0.29) is 24.9 Å². The van der Waals surface area contributed by atoms with E-state index in [0.29, 0.717) is 35.9 Å². The number of carbonyl (C=O) groups is 1. The van der Waals surface area contributed by atoms with Gasteiger partial charge in [0.15, 0.2) is 5.82 Å². The fourth-order valence-corrected chi connectivity index (χ4v) is 3.07. The van der Waals surface area contributed by atoms with E-state index in [2.05, 4.69) is 15.1 Å². The molecular weight excluding hydrogens is 344 g/mol. The van der Waals surface area contributed by atoms with Crippen LogP contribution in [0.25, 0.3) is 11.4 Å². The average Bonchev–Trinajstić information content (AvgIpc) is 2.94. The highest BCUT2D eigenvalue weighted by Gasteiger charge is 2.34. The molecule has 0 aliphatic carbocycles. The number of carbonyl (C=O) groups excluding carboxylic acids is 1. The Morgan fingerprint density at radius 2 is 2.04 bits per heavy atom. The Morgan fingerprint density at radius 3 is 2.69 bits per heavy atom. The summed E-state index contributed by atoms with van der Waals surface area (Å²) in [7, 11) is 3.05. The molecule has 2 aromatic heterocycles. The zero-order chi connectivity index (χ0) is 18.9. The van der Waals surface area contributed by atoms with Gasteiger partial charge in [-0.1, -0.05) is 0 Å². The van der Waals surface area contributed by atoms with E-state index in [1.165, 1.54) is 7.11 Å². The first-order chi connectivity index (χ1) is 12.3. The lowest BCUT2D eigenvalue weighted by Crippen LogP contribution is -2.29. The van der Waals surface area contributed by atoms with Gasteiger partial charge in [0.25, 0.3) is 0 Å². The minimum absolute atomic E-state index is 0.111. The number of alkyl halides is 2. The van der Waals surface area contributed by atoms with E-state index < -0.39 is 11.9 Å². The Hall–Kier alpha value is -2.58. The summed E-state index contributed by atoms with van der Waals surface area (Å²) in [5, 5.41) is 4.10. The van der Waals surface area contributed by atoms with Crippen LogP contribution in [0, 0.1) is 6.92 Å². The summed E-state index contributed by atoms with van der Waals surface area (Å²) in [6, 6.07) is 0. The molecule has 3 heterocycles. The molecule has 0 bridgehead atoms. The summed E-state index contributed by atoms with van der Waals surface area (Å²) in [5.74, 6) is -2.55. The van der Waals surface area contributed by atoms with Crippen molar-refractivity contribution in [3.05, 3.63) is 23.7 Å². The zero-order valence-corrected chi connectivity index (χ0v) is 15.0. The first-order valence-corrected chi connectivity index (χ1v) is 8.39. The van der Waals surface area contributed by atoms with Crippen LogP contribution in [0.15, 0.2) is 12.4 Å². The van der Waals surface area contributed by atoms with Crippen LogP contribution in [0.4, 0.5) is 14.6 Å². The highest BCUT2D eigenvalue weighted by molar-refractivity contribution is 5.96. The van der Waals surface area contributed by atoms with Crippen LogP contribution in [-0.2, 0) is 11.8 Å². The van der Waals surface area contributed by atoms with Gasteiger partial charge in [-0.2, -0.15) is 5.10 Å². The van der Waals surface area contributed by atoms with Crippen molar-refractivity contribution < 1.29 is 18.3 Å². The Kier molecular flexibility index (Phi) is 4.88. The summed E-state index contributed by atoms with van der Waals surface area (Å²) in [5.41, 5.74) is 1.34. The third-order valence-electron chi connectivity index (χ3n) is 4.44. The van der Waals surface area contributed by atoms with Gasteiger partial charge in [0.1, 0.15) is 11.4 Å². The minimum Gasteiger partial charge on any atom is -0.465 e. The van der Waals surface area contributed by atoms with Crippen LogP contribution in [0.2, 0.25) is 0 Å². The monoisotopic (exact) mass is 365 g/mol. The molecule has 1 aliphatic heterocycles. The Morgan fingerprint density at radius 1 is 1.27 bits per heavy atom. The van der Waals surface area contributed by atoms with Gasteiger partial charge in [0.2, 0.25) is 5.92 Å². The molecule has 0 radical (unpaired) electrons. The van der Waals surface area contributed by atoms with Crippen molar-refractivity contribution >= 4 is 11.8 Å². The predicted octanol–water partition coefficient (Wildman–Crippen LogP) is 2.60. The van der Waals surface area contributed by atoms with Gasteiger partial charge in [-0.15, -0.1) is 0 Å². The van der Waals surface area contributed by atoms with E-state index in [1.54, 1.807) is 35.9 Å². The third kappa shape index (κ3) is 3.66. The quantitative estimate of drug-likeness (QED) is 0.779. The van der Waals surface area contributed by atoms with Gasteiger partial charge in [-0.3, -0.25) is 4.68 Å². The maximum absolute atomic E-state index is 13.7. The summed E-state index contributed by atoms with van der Waals surface area (Å²) in [4.78, 5) is 22.9. The largest absolute Gasteiger partial charge is 0.465 e. The molecule has 0 amide bonds. The smallest absolute Gasteiger partial charge is 0.343 e. The van der Waals surface area contributed by atoms with Crippen molar-refractivity contribution in [1.82, 2.24) is 19.7 Å². The standard InChI is InChI=1S/C17H21F2N5O2/c1-11-13(16(25)26-3)15(24-7-4-5-17(18,19)6-8-24)22-14(21-11)12-9-20-23(2)10-12/h9-10H,4-8H2,1-3H3. The second-order valence-corrected chi connectivity index (χ2v) is 6.42. The van der Waals surface area contributed by atoms with Crippen LogP contribution >= 0.6 is 0 Å². The Labute approximate surface area is 150 Å². The van der Waals surface area contributed by atoms with Crippen LogP contribution in [0.1, 0.15) is 35.3 Å². The third-order valence-corrected chi connectivity index (χ3v) is 4.44. The summed E-state index contributed by atoms with van der Waals surface area (Å²) < 4.78 is 34.0. The van der Waals surface area contributed by atoms with Gasteiger partial charge in [0, 0.05) is 39.2 Å². The van der Waals surface area contributed by atoms with Crippen molar-refractivity contribution in [1.29, 1.82) is 0 Å². The molecular formula is C17H21F2N5O2. The van der Waals surface area contributed by atoms with Crippen molar-refractivity contribution in [3.63, 3.8) is 0 Å². The Bertz CT molecular complexity index is 821. The molecule has 0 unspecified atom stereocenters. The molecule has 0 aromatic carbocycles. The number of rotatable bonds is 3. The molecule has 0 spiro atoms. The molecule has 1 fully saturated rings. The molecule has 2 aromatic rings. The molecule has 0 saturated carbocycles. The number of hydrogen-bond donors (Lipinski definition) is 0. The summed E-state index contributed by atoms with van der Waals surface area (Å²) >= 11 is 0. The summed E-state index contributed by atoms with van der Waals surface area (Å²) in [6.07, 6.45) is 3.24. The fraction of sp³-hybridized carbons (Fsp3) is 0.529. The number of nitrogens with zero attached hydrogens (tertiary/aromatic N) is 5. The van der Waals surface area contributed by atoms with Crippen molar-refractivity contribution in [2.45, 2.75) is 32.1 Å². The van der Waals surface area contributed by atoms with E-state index in [4.69, 9.17) is 4.74 Å². The molecule has 3 rings (SSSR count). The number of aryl methyl sites for hydroxylation is 2. The number of hydrogen-bond acceptors (Lipinski definition) is 6. The normalized spacial score (nSPS) is 17.0. The lowest BCUT2D eigenvalue weighted by Gasteiger charge is -2.24. The number of aromatic nitrogens is 4. The van der Waals surface area contributed by atoms with E-state index >= 15 is 0 Å². The molecule has 7 nitrogen and oxygen atoms in total. The number of halogens is 2. The number of ether oxygens (including phenoxy) is 1. The predicted molar refractivity (Wildman–Crippen MR) is 91.3 cm³/mol. The molecule has 9 heteroatoms. The second kappa shape index (κ2) is 6.97. The van der Waals surface area contributed by atoms with Crippen LogP contribution in [0.5, 0.6) is 0 Å². The molecule has 1 aliphatic rings. The molecule has 0 atom stereocenters. The summed E-state index contributed by atoms with van der Waals surface area (Å²) in [6.45, 7) is 2.19. The van der Waals surface area contributed by atoms with Crippen molar-refractivity contribution in [3.8, 4) is 11.4 Å². The number of methoxy groups -OCH3 is 1. The highest BCUT2D eigenvalue weighted by Crippen LogP contribution is 2.32. The first kappa shape index (κ1) is 18.2. The zero-order valence-electron chi connectivity index (χ0n) is 15.0. The number of anilines is 1. The van der Waals surface area contributed by atoms with Crippen molar-refractivity contribution in [2.24, 2.45) is 7.05 Å². The Balaban J connectivity index is 2.07. The van der Waals surface area contributed by atoms with E-state index in [9.17, 15) is 13.6 Å². The molecule has 26 heavy (non-hydrogen) atoms. The number of esters is 1. The van der Waals surface area contributed by atoms with Gasteiger partial charge in [-0.25, -0.2) is 23.5 Å². The van der Waals surface area contributed by atoms with Crippen LogP contribution in [0.3, 0.4) is 0 Å². The van der Waals surface area contributed by atoms with Gasteiger partial charge in [-0.05, 0) is 13.3 Å². The van der Waals surface area contributed by atoms with Crippen molar-refractivity contribution in [2.75, 3.05) is 25.1 Å². The lowest BCUT2D eigenvalue weighted by molar-refractivity contribution is -0.0102. The lowest BCUT2D eigenvalue weighted by atomic mass is 10.1. The maximum Gasteiger partial charge on any atom is 0.343 e. The molecule has 140 valence electrons. The molecule has 1 saturated heterocycles. The topological polar surface area (TPSA) is 73.1 Å². The molecule has 0 N–H and O–H groups in total. The van der Waals surface area contributed by atoms with Gasteiger partial charge >= 0.3 is 5.97 Å². The van der Waals surface area contributed by atoms with Crippen LogP contribution in [-0.4, -0.2) is 51.8 Å². The van der Waals surface area contributed by atoms with E-state index in [1.807, 2.05) is 0 Å². The SMILES string of the molecule is COC(=O)c1c(C)nc(-c2cnn(C)c2)nc1N1CCCC(F)(F)CC1. The minimum atomic E-state index is -2.70. The average molecular weight is 365 g/mol. The first-order valence-electron chi connectivity index (χ1n) is 8.39. The second-order valence-electron chi connectivity index (χ2n) is 6.42. The van der Waals surface area contributed by atoms with Gasteiger partial charge in [0.05, 0.1) is 24.6 Å². The van der Waals surface area contributed by atoms with Gasteiger partial charge < -0.3 is 9.64 Å².